The fourth-order valence-corrected chi connectivity index (χ4v) is 3.18. The molecule has 0 bridgehead atoms. The van der Waals surface area contributed by atoms with Crippen molar-refractivity contribution in [1.29, 1.82) is 0 Å². The molecule has 0 aliphatic carbocycles. The van der Waals surface area contributed by atoms with Gasteiger partial charge in [0.25, 0.3) is 0 Å². The molecular formula is C14H18FNO2. The van der Waals surface area contributed by atoms with Crippen LogP contribution in [0.25, 0.3) is 0 Å². The number of likely N-dealkylation sites (N-methyl/N-ethyl adjacent to an activating group) is 1. The molecule has 1 saturated heterocycles. The number of aliphatic hydroxyl groups excluding tert-OH is 1. The van der Waals surface area contributed by atoms with Crippen molar-refractivity contribution in [3.63, 3.8) is 0 Å². The van der Waals surface area contributed by atoms with Crippen molar-refractivity contribution in [2.45, 2.75) is 31.0 Å². The van der Waals surface area contributed by atoms with Crippen LogP contribution >= 0.6 is 0 Å². The van der Waals surface area contributed by atoms with E-state index in [2.05, 4.69) is 11.9 Å². The second-order valence-corrected chi connectivity index (χ2v) is 5.53. The van der Waals surface area contributed by atoms with Crippen LogP contribution in [0, 0.1) is 5.82 Å². The number of piperidine rings is 1. The minimum atomic E-state index is -0.555. The van der Waals surface area contributed by atoms with Crippen LogP contribution in [0.5, 0.6) is 5.75 Å². The molecule has 2 aliphatic heterocycles. The SMILES string of the molecule is CN1CCCC2(C[C@@H](O)c3ccc(F)cc3O2)C1. The quantitative estimate of drug-likeness (QED) is 0.766. The molecule has 0 amide bonds. The number of fused-ring (bicyclic) bond motifs is 1. The first-order chi connectivity index (χ1) is 8.58. The maximum atomic E-state index is 13.3. The zero-order valence-electron chi connectivity index (χ0n) is 10.5. The fourth-order valence-electron chi connectivity index (χ4n) is 3.18. The first-order valence-electron chi connectivity index (χ1n) is 6.43. The van der Waals surface area contributed by atoms with E-state index in [9.17, 15) is 9.50 Å². The Morgan fingerprint density at radius 1 is 1.50 bits per heavy atom. The van der Waals surface area contributed by atoms with Crippen molar-refractivity contribution in [3.05, 3.63) is 29.6 Å². The number of benzene rings is 1. The van der Waals surface area contributed by atoms with Gasteiger partial charge >= 0.3 is 0 Å². The molecule has 2 atom stereocenters. The van der Waals surface area contributed by atoms with Gasteiger partial charge < -0.3 is 14.7 Å². The molecule has 4 heteroatoms. The van der Waals surface area contributed by atoms with E-state index in [1.165, 1.54) is 12.1 Å². The molecule has 18 heavy (non-hydrogen) atoms. The highest BCUT2D eigenvalue weighted by Gasteiger charge is 2.42. The molecule has 98 valence electrons. The number of aliphatic hydroxyl groups is 1. The van der Waals surface area contributed by atoms with E-state index in [0.717, 1.165) is 25.9 Å². The summed E-state index contributed by atoms with van der Waals surface area (Å²) in [4.78, 5) is 2.21. The first kappa shape index (κ1) is 11.9. The van der Waals surface area contributed by atoms with E-state index in [-0.39, 0.29) is 11.4 Å². The third kappa shape index (κ3) is 1.99. The summed E-state index contributed by atoms with van der Waals surface area (Å²) >= 11 is 0. The van der Waals surface area contributed by atoms with E-state index >= 15 is 0 Å². The summed E-state index contributed by atoms with van der Waals surface area (Å²) in [6.45, 7) is 1.84. The summed E-state index contributed by atoms with van der Waals surface area (Å²) < 4.78 is 19.3. The van der Waals surface area contributed by atoms with Gasteiger partial charge in [-0.3, -0.25) is 0 Å². The molecular weight excluding hydrogens is 233 g/mol. The summed E-state index contributed by atoms with van der Waals surface area (Å²) in [6.07, 6.45) is 2.01. The largest absolute Gasteiger partial charge is 0.485 e. The Kier molecular flexibility index (Phi) is 2.79. The van der Waals surface area contributed by atoms with Crippen molar-refractivity contribution in [2.24, 2.45) is 0 Å². The van der Waals surface area contributed by atoms with Crippen LogP contribution in [-0.2, 0) is 0 Å². The number of halogens is 1. The Bertz CT molecular complexity index is 465. The maximum absolute atomic E-state index is 13.3. The van der Waals surface area contributed by atoms with Crippen LogP contribution in [0.3, 0.4) is 0 Å². The Morgan fingerprint density at radius 3 is 3.11 bits per heavy atom. The van der Waals surface area contributed by atoms with E-state index in [0.29, 0.717) is 17.7 Å². The van der Waals surface area contributed by atoms with Crippen LogP contribution in [0.1, 0.15) is 30.9 Å². The van der Waals surface area contributed by atoms with Crippen molar-refractivity contribution in [1.82, 2.24) is 4.90 Å². The molecule has 1 N–H and O–H groups in total. The predicted octanol–water partition coefficient (Wildman–Crippen LogP) is 2.11. The molecule has 1 fully saturated rings. The second kappa shape index (κ2) is 4.21. The lowest BCUT2D eigenvalue weighted by atomic mass is 9.83. The Balaban J connectivity index is 1.94. The second-order valence-electron chi connectivity index (χ2n) is 5.53. The van der Waals surface area contributed by atoms with Crippen molar-refractivity contribution in [3.8, 4) is 5.75 Å². The van der Waals surface area contributed by atoms with Crippen LogP contribution in [0.4, 0.5) is 4.39 Å². The van der Waals surface area contributed by atoms with E-state index < -0.39 is 6.10 Å². The van der Waals surface area contributed by atoms with Crippen LogP contribution in [0.2, 0.25) is 0 Å². The van der Waals surface area contributed by atoms with Crippen LogP contribution < -0.4 is 4.74 Å². The molecule has 1 unspecified atom stereocenters. The van der Waals surface area contributed by atoms with Crippen molar-refractivity contribution >= 4 is 0 Å². The van der Waals surface area contributed by atoms with E-state index in [1.807, 2.05) is 0 Å². The summed E-state index contributed by atoms with van der Waals surface area (Å²) in [5.41, 5.74) is 0.350. The van der Waals surface area contributed by atoms with Crippen LogP contribution in [0.15, 0.2) is 18.2 Å². The number of ether oxygens (including phenoxy) is 1. The third-order valence-electron chi connectivity index (χ3n) is 3.96. The van der Waals surface area contributed by atoms with Crippen LogP contribution in [-0.4, -0.2) is 35.7 Å². The highest BCUT2D eigenvalue weighted by atomic mass is 19.1. The smallest absolute Gasteiger partial charge is 0.128 e. The van der Waals surface area contributed by atoms with E-state index in [1.54, 1.807) is 6.07 Å². The van der Waals surface area contributed by atoms with Gasteiger partial charge in [0.1, 0.15) is 17.2 Å². The molecule has 0 radical (unpaired) electrons. The third-order valence-corrected chi connectivity index (χ3v) is 3.96. The number of likely N-dealkylation sites (tertiary alicyclic amines) is 1. The Hall–Kier alpha value is -1.13. The zero-order chi connectivity index (χ0) is 12.8. The lowest BCUT2D eigenvalue weighted by Crippen LogP contribution is -2.53. The number of hydrogen-bond acceptors (Lipinski definition) is 3. The summed E-state index contributed by atoms with van der Waals surface area (Å²) in [5.74, 6) is 0.186. The molecule has 1 aromatic rings. The lowest BCUT2D eigenvalue weighted by Gasteiger charge is -2.45. The zero-order valence-corrected chi connectivity index (χ0v) is 10.5. The Morgan fingerprint density at radius 2 is 2.33 bits per heavy atom. The molecule has 3 nitrogen and oxygen atoms in total. The number of rotatable bonds is 0. The van der Waals surface area contributed by atoms with Gasteiger partial charge in [-0.05, 0) is 38.6 Å². The van der Waals surface area contributed by atoms with Gasteiger partial charge in [-0.25, -0.2) is 4.39 Å². The topological polar surface area (TPSA) is 32.7 Å². The highest BCUT2D eigenvalue weighted by molar-refractivity contribution is 5.38. The number of nitrogens with zero attached hydrogens (tertiary/aromatic N) is 1. The standard InChI is InChI=1S/C14H18FNO2/c1-16-6-2-5-14(9-16)8-12(17)11-4-3-10(15)7-13(11)18-14/h3-4,7,12,17H,2,5-6,8-9H2,1H3/t12-,14?/m1/s1. The summed E-state index contributed by atoms with van der Waals surface area (Å²) in [7, 11) is 2.05. The predicted molar refractivity (Wildman–Crippen MR) is 66.1 cm³/mol. The fraction of sp³-hybridized carbons (Fsp3) is 0.571. The molecule has 1 aromatic carbocycles. The number of hydrogen-bond donors (Lipinski definition) is 1. The average molecular weight is 251 g/mol. The summed E-state index contributed by atoms with van der Waals surface area (Å²) in [6, 6.07) is 4.37. The molecule has 0 saturated carbocycles. The molecule has 1 spiro atoms. The molecule has 0 aromatic heterocycles. The molecule has 2 aliphatic rings. The van der Waals surface area contributed by atoms with Gasteiger partial charge in [0.2, 0.25) is 0 Å². The van der Waals surface area contributed by atoms with Gasteiger partial charge in [-0.1, -0.05) is 0 Å². The monoisotopic (exact) mass is 251 g/mol. The van der Waals surface area contributed by atoms with Gasteiger partial charge in [0, 0.05) is 24.6 Å². The van der Waals surface area contributed by atoms with Gasteiger partial charge in [0.05, 0.1) is 6.10 Å². The average Bonchev–Trinajstić information content (AvgIpc) is 2.27. The van der Waals surface area contributed by atoms with Gasteiger partial charge in [-0.2, -0.15) is 0 Å². The lowest BCUT2D eigenvalue weighted by molar-refractivity contribution is -0.0556. The highest BCUT2D eigenvalue weighted by Crippen LogP contribution is 2.43. The maximum Gasteiger partial charge on any atom is 0.128 e. The van der Waals surface area contributed by atoms with Gasteiger partial charge in [-0.15, -0.1) is 0 Å². The minimum Gasteiger partial charge on any atom is -0.485 e. The van der Waals surface area contributed by atoms with E-state index in [4.69, 9.17) is 4.74 Å². The van der Waals surface area contributed by atoms with Gasteiger partial charge in [0.15, 0.2) is 0 Å². The van der Waals surface area contributed by atoms with Crippen molar-refractivity contribution < 1.29 is 14.2 Å². The van der Waals surface area contributed by atoms with Crippen molar-refractivity contribution in [2.75, 3.05) is 20.1 Å². The Labute approximate surface area is 106 Å². The first-order valence-corrected chi connectivity index (χ1v) is 6.43. The molecule has 3 rings (SSSR count). The summed E-state index contributed by atoms with van der Waals surface area (Å²) in [5, 5.41) is 10.2. The minimum absolute atomic E-state index is 0.317. The molecule has 2 heterocycles. The normalized spacial score (nSPS) is 32.1.